The lowest BCUT2D eigenvalue weighted by molar-refractivity contribution is 0.102. The summed E-state index contributed by atoms with van der Waals surface area (Å²) in [4.78, 5) is 16.2. The molecule has 2 heterocycles. The zero-order chi connectivity index (χ0) is 18.7. The van der Waals surface area contributed by atoms with Crippen molar-refractivity contribution in [2.75, 3.05) is 19.4 Å². The maximum Gasteiger partial charge on any atom is 0.257 e. The molecule has 0 aliphatic carbocycles. The minimum atomic E-state index is -0.0578. The predicted molar refractivity (Wildman–Crippen MR) is 109 cm³/mol. The second-order valence-corrected chi connectivity index (χ2v) is 7.87. The molecule has 0 aliphatic rings. The summed E-state index contributed by atoms with van der Waals surface area (Å²) >= 11 is 1.74. The monoisotopic (exact) mass is 367 g/mol. The molecule has 2 aromatic heterocycles. The van der Waals surface area contributed by atoms with E-state index >= 15 is 0 Å². The number of benzene rings is 1. The molecule has 0 radical (unpaired) electrons. The van der Waals surface area contributed by atoms with E-state index in [-0.39, 0.29) is 5.91 Å². The number of aryl methyl sites for hydroxylation is 1. The van der Waals surface area contributed by atoms with Crippen LogP contribution in [-0.2, 0) is 13.1 Å². The van der Waals surface area contributed by atoms with Crippen molar-refractivity contribution in [3.05, 3.63) is 75.2 Å². The van der Waals surface area contributed by atoms with Crippen molar-refractivity contribution in [2.45, 2.75) is 26.9 Å². The second-order valence-electron chi connectivity index (χ2n) is 6.84. The Morgan fingerprint density at radius 2 is 1.96 bits per heavy atom. The summed E-state index contributed by atoms with van der Waals surface area (Å²) in [5.41, 5.74) is 4.84. The molecule has 0 atom stereocenters. The Labute approximate surface area is 159 Å². The van der Waals surface area contributed by atoms with Gasteiger partial charge in [-0.05, 0) is 63.2 Å². The highest BCUT2D eigenvalue weighted by Gasteiger charge is 2.16. The van der Waals surface area contributed by atoms with E-state index in [9.17, 15) is 4.79 Å². The van der Waals surface area contributed by atoms with Gasteiger partial charge in [-0.1, -0.05) is 18.2 Å². The van der Waals surface area contributed by atoms with Crippen LogP contribution in [-0.4, -0.2) is 29.5 Å². The van der Waals surface area contributed by atoms with Crippen LogP contribution < -0.4 is 5.32 Å². The zero-order valence-electron chi connectivity index (χ0n) is 15.7. The van der Waals surface area contributed by atoms with Gasteiger partial charge >= 0.3 is 0 Å². The molecule has 0 spiro atoms. The largest absolute Gasteiger partial charge is 0.343 e. The summed E-state index contributed by atoms with van der Waals surface area (Å²) in [5.74, 6) is -0.0578. The lowest BCUT2D eigenvalue weighted by atomic mass is 10.1. The molecule has 136 valence electrons. The highest BCUT2D eigenvalue weighted by molar-refractivity contribution is 7.09. The summed E-state index contributed by atoms with van der Waals surface area (Å²) in [7, 11) is 4.07. The molecule has 1 amide bonds. The number of amides is 1. The molecular weight excluding hydrogens is 342 g/mol. The van der Waals surface area contributed by atoms with Crippen LogP contribution in [0.15, 0.2) is 47.8 Å². The van der Waals surface area contributed by atoms with E-state index in [1.54, 1.807) is 11.3 Å². The van der Waals surface area contributed by atoms with Crippen LogP contribution in [0.25, 0.3) is 0 Å². The molecule has 3 aromatic rings. The molecule has 4 nitrogen and oxygen atoms in total. The second kappa shape index (κ2) is 7.89. The first-order valence-electron chi connectivity index (χ1n) is 8.68. The van der Waals surface area contributed by atoms with Gasteiger partial charge in [0.15, 0.2) is 0 Å². The molecule has 0 saturated carbocycles. The average Bonchev–Trinajstić information content (AvgIpc) is 3.18. The number of rotatable bonds is 6. The van der Waals surface area contributed by atoms with Crippen LogP contribution >= 0.6 is 11.3 Å². The van der Waals surface area contributed by atoms with E-state index in [1.807, 2.05) is 45.3 Å². The maximum atomic E-state index is 12.8. The topological polar surface area (TPSA) is 37.3 Å². The van der Waals surface area contributed by atoms with Crippen molar-refractivity contribution in [3.63, 3.8) is 0 Å². The van der Waals surface area contributed by atoms with Gasteiger partial charge in [0.05, 0.1) is 12.1 Å². The number of nitrogens with one attached hydrogen (secondary N) is 1. The summed E-state index contributed by atoms with van der Waals surface area (Å²) in [6.45, 7) is 5.72. The fourth-order valence-corrected chi connectivity index (χ4v) is 3.84. The first-order valence-corrected chi connectivity index (χ1v) is 9.56. The van der Waals surface area contributed by atoms with Crippen molar-refractivity contribution in [1.29, 1.82) is 0 Å². The Balaban J connectivity index is 1.78. The van der Waals surface area contributed by atoms with E-state index in [2.05, 4.69) is 45.3 Å². The Hall–Kier alpha value is -2.37. The molecule has 0 bridgehead atoms. The third-order valence-electron chi connectivity index (χ3n) is 4.40. The van der Waals surface area contributed by atoms with Crippen molar-refractivity contribution >= 4 is 22.9 Å². The van der Waals surface area contributed by atoms with E-state index in [1.165, 1.54) is 10.4 Å². The number of thiophene rings is 1. The van der Waals surface area contributed by atoms with Gasteiger partial charge in [-0.15, -0.1) is 11.3 Å². The van der Waals surface area contributed by atoms with E-state index in [0.29, 0.717) is 0 Å². The molecule has 3 rings (SSSR count). The summed E-state index contributed by atoms with van der Waals surface area (Å²) < 4.78 is 2.20. The molecule has 5 heteroatoms. The van der Waals surface area contributed by atoms with Gasteiger partial charge in [0.2, 0.25) is 0 Å². The fourth-order valence-electron chi connectivity index (χ4n) is 3.14. The Morgan fingerprint density at radius 3 is 2.65 bits per heavy atom. The van der Waals surface area contributed by atoms with Gasteiger partial charge in [-0.25, -0.2) is 0 Å². The summed E-state index contributed by atoms with van der Waals surface area (Å²) in [6, 6.07) is 14.2. The van der Waals surface area contributed by atoms with Gasteiger partial charge in [-0.2, -0.15) is 0 Å². The number of hydrogen-bond donors (Lipinski definition) is 1. The van der Waals surface area contributed by atoms with Gasteiger partial charge in [0, 0.05) is 28.5 Å². The zero-order valence-corrected chi connectivity index (χ0v) is 16.6. The normalized spacial score (nSPS) is 11.1. The van der Waals surface area contributed by atoms with Crippen molar-refractivity contribution in [2.24, 2.45) is 0 Å². The highest BCUT2D eigenvalue weighted by Crippen LogP contribution is 2.21. The molecule has 26 heavy (non-hydrogen) atoms. The smallest absolute Gasteiger partial charge is 0.257 e. The predicted octanol–water partition coefficient (Wildman–Crippen LogP) is 4.53. The maximum absolute atomic E-state index is 12.8. The SMILES string of the molecule is Cc1cc(C(=O)Nc2cccc(CN(C)C)c2)c(C)n1Cc1cccs1. The molecule has 0 unspecified atom stereocenters. The van der Waals surface area contributed by atoms with Gasteiger partial charge in [0.25, 0.3) is 5.91 Å². The van der Waals surface area contributed by atoms with Crippen LogP contribution in [0.1, 0.15) is 32.2 Å². The average molecular weight is 368 g/mol. The van der Waals surface area contributed by atoms with Gasteiger partial charge in [0.1, 0.15) is 0 Å². The van der Waals surface area contributed by atoms with Crippen LogP contribution in [0.2, 0.25) is 0 Å². The minimum Gasteiger partial charge on any atom is -0.343 e. The standard InChI is InChI=1S/C21H25N3OS/c1-15-11-20(16(2)24(15)14-19-9-6-10-26-19)21(25)22-18-8-5-7-17(12-18)13-23(3)4/h5-12H,13-14H2,1-4H3,(H,22,25). The third kappa shape index (κ3) is 4.23. The first kappa shape index (κ1) is 18.4. The number of carbonyl (C=O) groups excluding carboxylic acids is 1. The quantitative estimate of drug-likeness (QED) is 0.695. The minimum absolute atomic E-state index is 0.0578. The summed E-state index contributed by atoms with van der Waals surface area (Å²) in [5, 5.41) is 5.13. The molecule has 1 N–H and O–H groups in total. The molecule has 0 aliphatic heterocycles. The van der Waals surface area contributed by atoms with Crippen molar-refractivity contribution in [1.82, 2.24) is 9.47 Å². The van der Waals surface area contributed by atoms with Gasteiger partial charge < -0.3 is 14.8 Å². The van der Waals surface area contributed by atoms with E-state index in [0.717, 1.165) is 35.7 Å². The number of aromatic nitrogens is 1. The van der Waals surface area contributed by atoms with Crippen LogP contribution in [0.4, 0.5) is 5.69 Å². The summed E-state index contributed by atoms with van der Waals surface area (Å²) in [6.07, 6.45) is 0. The molecule has 1 aromatic carbocycles. The highest BCUT2D eigenvalue weighted by atomic mass is 32.1. The first-order chi connectivity index (χ1) is 12.4. The van der Waals surface area contributed by atoms with Crippen molar-refractivity contribution < 1.29 is 4.79 Å². The lowest BCUT2D eigenvalue weighted by Gasteiger charge is -2.12. The lowest BCUT2D eigenvalue weighted by Crippen LogP contribution is -2.14. The van der Waals surface area contributed by atoms with E-state index in [4.69, 9.17) is 0 Å². The van der Waals surface area contributed by atoms with Crippen molar-refractivity contribution in [3.8, 4) is 0 Å². The number of anilines is 1. The Kier molecular flexibility index (Phi) is 5.59. The van der Waals surface area contributed by atoms with Crippen LogP contribution in [0.5, 0.6) is 0 Å². The molecular formula is C21H25N3OS. The van der Waals surface area contributed by atoms with Crippen LogP contribution in [0.3, 0.4) is 0 Å². The molecule has 0 saturated heterocycles. The van der Waals surface area contributed by atoms with E-state index < -0.39 is 0 Å². The number of hydrogen-bond acceptors (Lipinski definition) is 3. The fraction of sp³-hybridized carbons (Fsp3) is 0.286. The molecule has 0 fully saturated rings. The Morgan fingerprint density at radius 1 is 1.15 bits per heavy atom. The third-order valence-corrected chi connectivity index (χ3v) is 5.26. The number of carbonyl (C=O) groups is 1. The van der Waals surface area contributed by atoms with Crippen LogP contribution in [0, 0.1) is 13.8 Å². The van der Waals surface area contributed by atoms with Gasteiger partial charge in [-0.3, -0.25) is 4.79 Å². The number of nitrogens with zero attached hydrogens (tertiary/aromatic N) is 2. The Bertz CT molecular complexity index is 894.